The van der Waals surface area contributed by atoms with E-state index in [1.54, 1.807) is 6.07 Å². The van der Waals surface area contributed by atoms with E-state index in [9.17, 15) is 4.79 Å². The normalized spacial score (nSPS) is 21.3. The van der Waals surface area contributed by atoms with Crippen LogP contribution < -0.4 is 0 Å². The Morgan fingerprint density at radius 1 is 0.962 bits per heavy atom. The van der Waals surface area contributed by atoms with Gasteiger partial charge in [0.1, 0.15) is 0 Å². The predicted octanol–water partition coefficient (Wildman–Crippen LogP) is 6.42. The van der Waals surface area contributed by atoms with Gasteiger partial charge in [0.25, 0.3) is 5.91 Å². The third kappa shape index (κ3) is 2.29. The molecule has 2 aliphatic heterocycles. The highest BCUT2D eigenvalue weighted by Crippen LogP contribution is 2.50. The summed E-state index contributed by atoms with van der Waals surface area (Å²) in [6.45, 7) is 0. The summed E-state index contributed by atoms with van der Waals surface area (Å²) in [7, 11) is 0. The second kappa shape index (κ2) is 6.00. The molecule has 0 spiro atoms. The lowest BCUT2D eigenvalue weighted by molar-refractivity contribution is 0.0872. The monoisotopic (exact) mass is 381 g/mol. The molecule has 1 atom stereocenters. The second-order valence-electron chi connectivity index (χ2n) is 7.06. The minimum Gasteiger partial charge on any atom is -0.280 e. The molecule has 26 heavy (non-hydrogen) atoms. The second-order valence-corrected chi connectivity index (χ2v) is 7.90. The fraction of sp³-hybridized carbons (Fsp3) is 0.227. The van der Waals surface area contributed by atoms with Gasteiger partial charge in [0.15, 0.2) is 0 Å². The molecule has 2 heterocycles. The number of hydrogen-bond donors (Lipinski definition) is 0. The van der Waals surface area contributed by atoms with Crippen molar-refractivity contribution in [3.63, 3.8) is 0 Å². The van der Waals surface area contributed by atoms with Crippen molar-refractivity contribution in [3.05, 3.63) is 86.5 Å². The summed E-state index contributed by atoms with van der Waals surface area (Å²) in [6, 6.07) is 13.6. The minimum absolute atomic E-state index is 0.0975. The molecule has 0 bridgehead atoms. The lowest BCUT2D eigenvalue weighted by atomic mass is 9.79. The Morgan fingerprint density at radius 2 is 1.73 bits per heavy atom. The van der Waals surface area contributed by atoms with Crippen LogP contribution in [0.5, 0.6) is 0 Å². The van der Waals surface area contributed by atoms with Gasteiger partial charge < -0.3 is 0 Å². The van der Waals surface area contributed by atoms with E-state index in [0.717, 1.165) is 48.1 Å². The molecule has 5 rings (SSSR count). The molecule has 1 unspecified atom stereocenters. The van der Waals surface area contributed by atoms with E-state index < -0.39 is 0 Å². The van der Waals surface area contributed by atoms with E-state index in [4.69, 9.17) is 23.2 Å². The van der Waals surface area contributed by atoms with Crippen molar-refractivity contribution in [2.75, 3.05) is 0 Å². The molecular weight excluding hydrogens is 365 g/mol. The zero-order valence-corrected chi connectivity index (χ0v) is 15.6. The largest absolute Gasteiger partial charge is 0.280 e. The van der Waals surface area contributed by atoms with Crippen LogP contribution in [0.25, 0.3) is 5.70 Å². The number of fused-ring (bicyclic) bond motifs is 4. The molecule has 2 aromatic carbocycles. The lowest BCUT2D eigenvalue weighted by Gasteiger charge is -2.36. The number of halogens is 2. The van der Waals surface area contributed by atoms with Crippen LogP contribution in [0.3, 0.4) is 0 Å². The van der Waals surface area contributed by atoms with Gasteiger partial charge in [-0.1, -0.05) is 47.5 Å². The Labute approximate surface area is 162 Å². The summed E-state index contributed by atoms with van der Waals surface area (Å²) in [6.07, 6.45) is 6.42. The molecule has 130 valence electrons. The molecule has 4 heteroatoms. The Morgan fingerprint density at radius 3 is 2.54 bits per heavy atom. The summed E-state index contributed by atoms with van der Waals surface area (Å²) in [5.41, 5.74) is 6.37. The molecule has 0 radical (unpaired) electrons. The average molecular weight is 382 g/mol. The van der Waals surface area contributed by atoms with Crippen LogP contribution in [-0.4, -0.2) is 10.8 Å². The van der Waals surface area contributed by atoms with Gasteiger partial charge in [-0.05, 0) is 61.1 Å². The predicted molar refractivity (Wildman–Crippen MR) is 105 cm³/mol. The van der Waals surface area contributed by atoms with Crippen LogP contribution in [0.4, 0.5) is 0 Å². The third-order valence-corrected chi connectivity index (χ3v) is 6.19. The van der Waals surface area contributed by atoms with Crippen LogP contribution in [0, 0.1) is 0 Å². The van der Waals surface area contributed by atoms with E-state index in [2.05, 4.69) is 6.08 Å². The number of nitrogens with zero attached hydrogens (tertiary/aromatic N) is 1. The molecule has 2 nitrogen and oxygen atoms in total. The molecule has 1 aliphatic carbocycles. The first-order valence-corrected chi connectivity index (χ1v) is 9.73. The fourth-order valence-corrected chi connectivity index (χ4v) is 4.99. The topological polar surface area (TPSA) is 20.3 Å². The van der Waals surface area contributed by atoms with Crippen molar-refractivity contribution in [2.45, 2.75) is 31.6 Å². The average Bonchev–Trinajstić information content (AvgIpc) is 2.94. The van der Waals surface area contributed by atoms with Crippen molar-refractivity contribution in [1.29, 1.82) is 0 Å². The summed E-state index contributed by atoms with van der Waals surface area (Å²) >= 11 is 12.7. The molecule has 0 N–H and O–H groups in total. The van der Waals surface area contributed by atoms with Crippen LogP contribution in [0.15, 0.2) is 59.8 Å². The number of benzene rings is 2. The van der Waals surface area contributed by atoms with Gasteiger partial charge in [-0.2, -0.15) is 0 Å². The number of rotatable bonds is 1. The number of allylic oxidation sites excluding steroid dienone is 3. The van der Waals surface area contributed by atoms with Crippen molar-refractivity contribution in [1.82, 2.24) is 4.90 Å². The Bertz CT molecular complexity index is 1000. The summed E-state index contributed by atoms with van der Waals surface area (Å²) in [5.74, 6) is 0.196. The lowest BCUT2D eigenvalue weighted by Crippen LogP contribution is -2.30. The number of carbonyl (C=O) groups is 1. The number of hydrogen-bond acceptors (Lipinski definition) is 1. The molecule has 0 saturated heterocycles. The van der Waals surface area contributed by atoms with Crippen molar-refractivity contribution in [3.8, 4) is 0 Å². The van der Waals surface area contributed by atoms with Gasteiger partial charge in [0.2, 0.25) is 0 Å². The molecule has 0 saturated carbocycles. The van der Waals surface area contributed by atoms with Gasteiger partial charge >= 0.3 is 0 Å². The molecule has 0 fully saturated rings. The highest BCUT2D eigenvalue weighted by Gasteiger charge is 2.40. The number of amides is 1. The maximum absolute atomic E-state index is 13.0. The van der Waals surface area contributed by atoms with E-state index in [-0.39, 0.29) is 11.8 Å². The van der Waals surface area contributed by atoms with E-state index in [0.29, 0.717) is 10.0 Å². The minimum atomic E-state index is 0.0975. The maximum Gasteiger partial charge on any atom is 0.263 e. The third-order valence-electron chi connectivity index (χ3n) is 5.63. The van der Waals surface area contributed by atoms with Crippen molar-refractivity contribution in [2.24, 2.45) is 0 Å². The molecular formula is C22H17Cl2NO. The Balaban J connectivity index is 1.73. The zero-order valence-electron chi connectivity index (χ0n) is 14.1. The van der Waals surface area contributed by atoms with Gasteiger partial charge in [-0.25, -0.2) is 0 Å². The quantitative estimate of drug-likeness (QED) is 0.558. The molecule has 3 aliphatic rings. The molecule has 0 aromatic heterocycles. The van der Waals surface area contributed by atoms with Crippen LogP contribution in [0.2, 0.25) is 10.0 Å². The van der Waals surface area contributed by atoms with Gasteiger partial charge in [-0.15, -0.1) is 0 Å². The Hall–Kier alpha value is -2.03. The van der Waals surface area contributed by atoms with Crippen molar-refractivity contribution >= 4 is 34.8 Å². The first-order chi connectivity index (χ1) is 12.6. The van der Waals surface area contributed by atoms with Crippen molar-refractivity contribution < 1.29 is 4.79 Å². The van der Waals surface area contributed by atoms with Crippen LogP contribution in [0.1, 0.15) is 53.1 Å². The summed E-state index contributed by atoms with van der Waals surface area (Å²) in [4.78, 5) is 15.0. The summed E-state index contributed by atoms with van der Waals surface area (Å²) < 4.78 is 0. The van der Waals surface area contributed by atoms with E-state index >= 15 is 0 Å². The Kier molecular flexibility index (Phi) is 3.73. The van der Waals surface area contributed by atoms with Crippen LogP contribution in [-0.2, 0) is 0 Å². The molecule has 1 amide bonds. The fourth-order valence-electron chi connectivity index (χ4n) is 4.47. The van der Waals surface area contributed by atoms with Gasteiger partial charge in [0, 0.05) is 32.8 Å². The SMILES string of the molecule is O=C1c2ccccc2C2=CC(c3ccc(Cl)cc3Cl)C3=C(CCCC3)N12. The first kappa shape index (κ1) is 16.2. The number of carbonyl (C=O) groups excluding carboxylic acids is 1. The van der Waals surface area contributed by atoms with Crippen LogP contribution >= 0.6 is 23.2 Å². The molecule has 2 aromatic rings. The van der Waals surface area contributed by atoms with Gasteiger partial charge in [0.05, 0.1) is 5.70 Å². The highest BCUT2D eigenvalue weighted by molar-refractivity contribution is 6.35. The zero-order chi connectivity index (χ0) is 17.8. The van der Waals surface area contributed by atoms with E-state index in [1.807, 2.05) is 41.3 Å². The van der Waals surface area contributed by atoms with E-state index in [1.165, 1.54) is 11.3 Å². The smallest absolute Gasteiger partial charge is 0.263 e. The highest BCUT2D eigenvalue weighted by atomic mass is 35.5. The van der Waals surface area contributed by atoms with Gasteiger partial charge in [-0.3, -0.25) is 9.69 Å². The maximum atomic E-state index is 13.0. The summed E-state index contributed by atoms with van der Waals surface area (Å²) in [5, 5.41) is 1.32. The standard InChI is InChI=1S/C22H17Cl2NO/c23-13-9-10-14(19(24)11-13)18-12-21-15-5-1-2-7-17(15)22(26)25(21)20-8-4-3-6-16(18)20/h1-2,5,7,9-12,18H,3-4,6,8H2. The first-order valence-electron chi connectivity index (χ1n) is 8.97.